The summed E-state index contributed by atoms with van der Waals surface area (Å²) in [7, 11) is -3.51. The molecule has 3 aromatic carbocycles. The first-order valence-corrected chi connectivity index (χ1v) is 10.5. The molecule has 0 unspecified atom stereocenters. The van der Waals surface area contributed by atoms with Gasteiger partial charge in [-0.2, -0.15) is 0 Å². The van der Waals surface area contributed by atoms with E-state index in [2.05, 4.69) is 5.32 Å². The summed E-state index contributed by atoms with van der Waals surface area (Å²) >= 11 is 5.95. The number of carbonyl (C=O) groups is 2. The molecular weight excluding hydrogens is 402 g/mol. The molecule has 0 fully saturated rings. The summed E-state index contributed by atoms with van der Waals surface area (Å²) in [6.07, 6.45) is 1.02. The molecule has 0 radical (unpaired) electrons. The van der Waals surface area contributed by atoms with Gasteiger partial charge in [0.15, 0.2) is 16.4 Å². The Morgan fingerprint density at radius 1 is 1.00 bits per heavy atom. The lowest BCUT2D eigenvalue weighted by Crippen LogP contribution is -2.21. The first kappa shape index (κ1) is 19.9. The van der Waals surface area contributed by atoms with Gasteiger partial charge in [-0.25, -0.2) is 13.2 Å². The molecule has 144 valence electrons. The van der Waals surface area contributed by atoms with Crippen molar-refractivity contribution in [2.45, 2.75) is 4.90 Å². The van der Waals surface area contributed by atoms with Crippen LogP contribution in [0.5, 0.6) is 0 Å². The van der Waals surface area contributed by atoms with Crippen molar-refractivity contribution in [1.82, 2.24) is 0 Å². The number of hydrogen-bond donors (Lipinski definition) is 1. The van der Waals surface area contributed by atoms with E-state index in [4.69, 9.17) is 16.3 Å². The van der Waals surface area contributed by atoms with Crippen LogP contribution < -0.4 is 5.32 Å². The summed E-state index contributed by atoms with van der Waals surface area (Å²) in [6.45, 7) is -0.537. The molecule has 0 aliphatic heterocycles. The number of anilines is 1. The third kappa shape index (κ3) is 4.68. The zero-order chi connectivity index (χ0) is 20.3. The van der Waals surface area contributed by atoms with Gasteiger partial charge in [-0.3, -0.25) is 4.79 Å². The minimum absolute atomic E-state index is 0.0346. The Hall–Kier alpha value is -2.90. The molecule has 0 aliphatic carbocycles. The highest BCUT2D eigenvalue weighted by molar-refractivity contribution is 7.90. The fraction of sp³-hybridized carbons (Fsp3) is 0.100. The second-order valence-electron chi connectivity index (χ2n) is 6.10. The lowest BCUT2D eigenvalue weighted by molar-refractivity contribution is -0.119. The van der Waals surface area contributed by atoms with Crippen LogP contribution in [0.2, 0.25) is 5.02 Å². The van der Waals surface area contributed by atoms with Gasteiger partial charge in [-0.15, -0.1) is 0 Å². The van der Waals surface area contributed by atoms with Crippen LogP contribution in [0.3, 0.4) is 0 Å². The zero-order valence-corrected chi connectivity index (χ0v) is 16.4. The maximum atomic E-state index is 12.2. The molecule has 0 bridgehead atoms. The fourth-order valence-electron chi connectivity index (χ4n) is 2.56. The van der Waals surface area contributed by atoms with E-state index in [9.17, 15) is 18.0 Å². The van der Waals surface area contributed by atoms with Crippen LogP contribution in [-0.4, -0.2) is 33.2 Å². The number of hydrogen-bond acceptors (Lipinski definition) is 5. The molecule has 0 atom stereocenters. The zero-order valence-electron chi connectivity index (χ0n) is 14.8. The Morgan fingerprint density at radius 2 is 1.71 bits per heavy atom. The van der Waals surface area contributed by atoms with E-state index in [1.54, 1.807) is 6.07 Å². The van der Waals surface area contributed by atoms with Gasteiger partial charge < -0.3 is 10.1 Å². The molecule has 0 aromatic heterocycles. The number of nitrogens with one attached hydrogen (secondary N) is 1. The first-order valence-electron chi connectivity index (χ1n) is 8.19. The molecule has 0 spiro atoms. The summed E-state index contributed by atoms with van der Waals surface area (Å²) in [5.41, 5.74) is 0.444. The van der Waals surface area contributed by atoms with Crippen molar-refractivity contribution in [3.8, 4) is 0 Å². The molecule has 28 heavy (non-hydrogen) atoms. The van der Waals surface area contributed by atoms with Crippen molar-refractivity contribution in [3.05, 3.63) is 71.2 Å². The van der Waals surface area contributed by atoms with Crippen molar-refractivity contribution in [3.63, 3.8) is 0 Å². The second kappa shape index (κ2) is 8.00. The van der Waals surface area contributed by atoms with Crippen molar-refractivity contribution in [1.29, 1.82) is 0 Å². The monoisotopic (exact) mass is 417 g/mol. The predicted octanol–water partition coefficient (Wildman–Crippen LogP) is 3.69. The summed E-state index contributed by atoms with van der Waals surface area (Å²) in [5.74, 6) is -1.41. The van der Waals surface area contributed by atoms with Crippen LogP contribution in [0, 0.1) is 0 Å². The lowest BCUT2D eigenvalue weighted by Gasteiger charge is -2.09. The summed E-state index contributed by atoms with van der Waals surface area (Å²) in [5, 5.41) is 4.68. The minimum Gasteiger partial charge on any atom is -0.452 e. The molecule has 8 heteroatoms. The summed E-state index contributed by atoms with van der Waals surface area (Å²) in [4.78, 5) is 24.2. The molecule has 1 amide bonds. The van der Waals surface area contributed by atoms with E-state index in [0.29, 0.717) is 5.69 Å². The molecule has 0 aliphatic rings. The number of sulfone groups is 1. The normalized spacial score (nSPS) is 11.2. The van der Waals surface area contributed by atoms with Gasteiger partial charge in [0.2, 0.25) is 0 Å². The van der Waals surface area contributed by atoms with Gasteiger partial charge in [0.25, 0.3) is 5.91 Å². The van der Waals surface area contributed by atoms with E-state index >= 15 is 0 Å². The smallest absolute Gasteiger partial charge is 0.340 e. The quantitative estimate of drug-likeness (QED) is 0.639. The van der Waals surface area contributed by atoms with E-state index in [1.807, 2.05) is 36.4 Å². The molecular formula is C20H16ClNO5S. The predicted molar refractivity (Wildman–Crippen MR) is 107 cm³/mol. The van der Waals surface area contributed by atoms with Crippen LogP contribution in [0.15, 0.2) is 65.6 Å². The van der Waals surface area contributed by atoms with Gasteiger partial charge in [-0.05, 0) is 41.1 Å². The first-order chi connectivity index (χ1) is 13.2. The van der Waals surface area contributed by atoms with Gasteiger partial charge >= 0.3 is 5.97 Å². The van der Waals surface area contributed by atoms with Crippen LogP contribution in [0.1, 0.15) is 10.4 Å². The van der Waals surface area contributed by atoms with E-state index in [0.717, 1.165) is 23.1 Å². The van der Waals surface area contributed by atoms with Crippen LogP contribution in [0.4, 0.5) is 5.69 Å². The topological polar surface area (TPSA) is 89.5 Å². The van der Waals surface area contributed by atoms with Crippen molar-refractivity contribution < 1.29 is 22.7 Å². The number of fused-ring (bicyclic) bond motifs is 1. The van der Waals surface area contributed by atoms with Gasteiger partial charge in [-0.1, -0.05) is 41.9 Å². The summed E-state index contributed by atoms with van der Waals surface area (Å²) < 4.78 is 28.2. The largest absolute Gasteiger partial charge is 0.452 e. The number of ether oxygens (including phenoxy) is 1. The second-order valence-corrected chi connectivity index (χ2v) is 8.52. The highest BCUT2D eigenvalue weighted by Gasteiger charge is 2.17. The maximum absolute atomic E-state index is 12.2. The Labute approximate surface area is 167 Å². The fourth-order valence-corrected chi connectivity index (χ4v) is 3.41. The third-order valence-corrected chi connectivity index (χ3v) is 5.39. The molecule has 0 heterocycles. The SMILES string of the molecule is CS(=O)(=O)c1ccc(Cl)c(C(=O)OCC(=O)Nc2ccc3ccccc3c2)c1. The number of benzene rings is 3. The van der Waals surface area contributed by atoms with Gasteiger partial charge in [0, 0.05) is 11.9 Å². The number of rotatable bonds is 5. The summed E-state index contributed by atoms with van der Waals surface area (Å²) in [6, 6.07) is 16.8. The van der Waals surface area contributed by atoms with Crippen LogP contribution >= 0.6 is 11.6 Å². The van der Waals surface area contributed by atoms with E-state index in [-0.39, 0.29) is 15.5 Å². The van der Waals surface area contributed by atoms with E-state index in [1.165, 1.54) is 12.1 Å². The van der Waals surface area contributed by atoms with Crippen LogP contribution in [-0.2, 0) is 19.4 Å². The average Bonchev–Trinajstić information content (AvgIpc) is 2.65. The number of halogens is 1. The molecule has 3 aromatic rings. The average molecular weight is 418 g/mol. The minimum atomic E-state index is -3.51. The van der Waals surface area contributed by atoms with Crippen molar-refractivity contribution in [2.24, 2.45) is 0 Å². The van der Waals surface area contributed by atoms with E-state index < -0.39 is 28.3 Å². The van der Waals surface area contributed by atoms with Crippen molar-refractivity contribution >= 4 is 49.8 Å². The Balaban J connectivity index is 1.66. The Morgan fingerprint density at radius 3 is 2.43 bits per heavy atom. The Kier molecular flexibility index (Phi) is 5.67. The van der Waals surface area contributed by atoms with Gasteiger partial charge in [0.05, 0.1) is 15.5 Å². The molecule has 0 saturated heterocycles. The molecule has 0 saturated carbocycles. The van der Waals surface area contributed by atoms with Crippen LogP contribution in [0.25, 0.3) is 10.8 Å². The van der Waals surface area contributed by atoms with Gasteiger partial charge in [0.1, 0.15) is 0 Å². The Bertz CT molecular complexity index is 1170. The molecule has 1 N–H and O–H groups in total. The third-order valence-electron chi connectivity index (χ3n) is 3.95. The standard InChI is InChI=1S/C20H16ClNO5S/c1-28(25,26)16-8-9-18(21)17(11-16)20(24)27-12-19(23)22-15-7-6-13-4-2-3-5-14(13)10-15/h2-11H,12H2,1H3,(H,22,23). The van der Waals surface area contributed by atoms with Crippen molar-refractivity contribution in [2.75, 3.05) is 18.2 Å². The molecule has 6 nitrogen and oxygen atoms in total. The highest BCUT2D eigenvalue weighted by atomic mass is 35.5. The molecule has 3 rings (SSSR count). The number of esters is 1. The maximum Gasteiger partial charge on any atom is 0.340 e. The number of amides is 1. The highest BCUT2D eigenvalue weighted by Crippen LogP contribution is 2.22. The number of carbonyl (C=O) groups excluding carboxylic acids is 2. The lowest BCUT2D eigenvalue weighted by atomic mass is 10.1.